The maximum absolute atomic E-state index is 14.4. The molecule has 1 saturated heterocycles. The van der Waals surface area contributed by atoms with Gasteiger partial charge < -0.3 is 0 Å². The molecule has 1 aliphatic rings. The lowest BCUT2D eigenvalue weighted by Crippen LogP contribution is -2.39. The van der Waals surface area contributed by atoms with Crippen molar-refractivity contribution in [2.24, 2.45) is 0 Å². The van der Waals surface area contributed by atoms with E-state index in [0.717, 1.165) is 5.56 Å². The molecule has 2 aromatic rings. The number of hydrogen-bond acceptors (Lipinski definition) is 3. The third-order valence-electron chi connectivity index (χ3n) is 3.91. The van der Waals surface area contributed by atoms with Gasteiger partial charge in [0.05, 0.1) is 22.5 Å². The molecule has 110 valence electrons. The van der Waals surface area contributed by atoms with E-state index in [-0.39, 0.29) is 24.1 Å². The maximum atomic E-state index is 14.4. The van der Waals surface area contributed by atoms with Crippen LogP contribution in [0.15, 0.2) is 12.1 Å². The van der Waals surface area contributed by atoms with Crippen molar-refractivity contribution >= 4 is 22.7 Å². The molecule has 1 unspecified atom stereocenters. The molecule has 0 spiro atoms. The van der Waals surface area contributed by atoms with Crippen LogP contribution in [-0.2, 0) is 9.59 Å². The number of benzene rings is 1. The highest BCUT2D eigenvalue weighted by Crippen LogP contribution is 2.32. The molecule has 1 atom stereocenters. The zero-order chi connectivity index (χ0) is 15.1. The van der Waals surface area contributed by atoms with E-state index < -0.39 is 11.8 Å². The van der Waals surface area contributed by atoms with Gasteiger partial charge in [-0.3, -0.25) is 20.0 Å². The summed E-state index contributed by atoms with van der Waals surface area (Å²) in [7, 11) is 0. The van der Waals surface area contributed by atoms with Crippen LogP contribution in [0.3, 0.4) is 0 Å². The summed E-state index contributed by atoms with van der Waals surface area (Å²) in [6.07, 6.45) is 0.621. The summed E-state index contributed by atoms with van der Waals surface area (Å²) in [5, 5.41) is 9.52. The fourth-order valence-electron chi connectivity index (χ4n) is 2.70. The molecule has 2 amide bonds. The van der Waals surface area contributed by atoms with Crippen LogP contribution in [0.1, 0.15) is 49.8 Å². The third-order valence-corrected chi connectivity index (χ3v) is 3.91. The van der Waals surface area contributed by atoms with E-state index >= 15 is 0 Å². The molecular weight excluding hydrogens is 273 g/mol. The van der Waals surface area contributed by atoms with Crippen LogP contribution in [0.4, 0.5) is 4.39 Å². The standard InChI is InChI=1S/C15H16FN3O2/c1-7(2)8-5-10(16)13-11(6-8)18-19-14(13)9-3-4-12(20)17-15(9)21/h5-7,9H,3-4H2,1-2H3,(H,18,19)(H,17,20,21). The van der Waals surface area contributed by atoms with Gasteiger partial charge in [-0.2, -0.15) is 5.10 Å². The second-order valence-electron chi connectivity index (χ2n) is 5.69. The summed E-state index contributed by atoms with van der Waals surface area (Å²) < 4.78 is 14.4. The van der Waals surface area contributed by atoms with Crippen LogP contribution >= 0.6 is 0 Å². The minimum absolute atomic E-state index is 0.194. The Morgan fingerprint density at radius 3 is 2.76 bits per heavy atom. The molecule has 0 saturated carbocycles. The van der Waals surface area contributed by atoms with Crippen molar-refractivity contribution in [2.75, 3.05) is 0 Å². The van der Waals surface area contributed by atoms with Crippen molar-refractivity contribution in [3.63, 3.8) is 0 Å². The summed E-state index contributed by atoms with van der Waals surface area (Å²) in [4.78, 5) is 23.1. The molecule has 5 nitrogen and oxygen atoms in total. The Kier molecular flexibility index (Phi) is 3.23. The van der Waals surface area contributed by atoms with E-state index in [2.05, 4.69) is 15.5 Å². The second-order valence-corrected chi connectivity index (χ2v) is 5.69. The van der Waals surface area contributed by atoms with Crippen molar-refractivity contribution < 1.29 is 14.0 Å². The van der Waals surface area contributed by atoms with Gasteiger partial charge in [0.1, 0.15) is 5.82 Å². The highest BCUT2D eigenvalue weighted by molar-refractivity contribution is 6.02. The number of aromatic amines is 1. The van der Waals surface area contributed by atoms with Crippen LogP contribution in [0.25, 0.3) is 10.9 Å². The van der Waals surface area contributed by atoms with Crippen molar-refractivity contribution in [3.8, 4) is 0 Å². The number of fused-ring (bicyclic) bond motifs is 1. The normalized spacial score (nSPS) is 19.3. The average Bonchev–Trinajstić information content (AvgIpc) is 2.83. The van der Waals surface area contributed by atoms with Crippen LogP contribution in [0, 0.1) is 5.82 Å². The number of carbonyl (C=O) groups excluding carboxylic acids is 2. The van der Waals surface area contributed by atoms with E-state index in [1.165, 1.54) is 6.07 Å². The van der Waals surface area contributed by atoms with Gasteiger partial charge in [-0.25, -0.2) is 4.39 Å². The predicted octanol–water partition coefficient (Wildman–Crippen LogP) is 2.35. The predicted molar refractivity (Wildman–Crippen MR) is 75.3 cm³/mol. The molecule has 0 aliphatic carbocycles. The fraction of sp³-hybridized carbons (Fsp3) is 0.400. The van der Waals surface area contributed by atoms with Crippen molar-refractivity contribution in [3.05, 3.63) is 29.2 Å². The average molecular weight is 289 g/mol. The van der Waals surface area contributed by atoms with Gasteiger partial charge in [0.15, 0.2) is 0 Å². The molecule has 21 heavy (non-hydrogen) atoms. The third kappa shape index (κ3) is 2.30. The topological polar surface area (TPSA) is 74.8 Å². The van der Waals surface area contributed by atoms with Crippen molar-refractivity contribution in [1.29, 1.82) is 0 Å². The number of piperidine rings is 1. The number of imide groups is 1. The highest BCUT2D eigenvalue weighted by Gasteiger charge is 2.31. The first-order valence-electron chi connectivity index (χ1n) is 6.98. The number of hydrogen-bond donors (Lipinski definition) is 2. The smallest absolute Gasteiger partial charge is 0.235 e. The van der Waals surface area contributed by atoms with E-state index in [9.17, 15) is 14.0 Å². The van der Waals surface area contributed by atoms with E-state index in [0.29, 0.717) is 23.0 Å². The second kappa shape index (κ2) is 4.95. The quantitative estimate of drug-likeness (QED) is 0.833. The number of H-pyrrole nitrogens is 1. The molecule has 0 bridgehead atoms. The number of rotatable bonds is 2. The minimum Gasteiger partial charge on any atom is -0.296 e. The lowest BCUT2D eigenvalue weighted by Gasteiger charge is -2.19. The first kappa shape index (κ1) is 13.7. The number of carbonyl (C=O) groups is 2. The first-order valence-corrected chi connectivity index (χ1v) is 6.98. The zero-order valence-corrected chi connectivity index (χ0v) is 11.9. The number of nitrogens with one attached hydrogen (secondary N) is 2. The lowest BCUT2D eigenvalue weighted by molar-refractivity contribution is -0.134. The number of aromatic nitrogens is 2. The summed E-state index contributed by atoms with van der Waals surface area (Å²) in [6.45, 7) is 3.96. The first-order chi connectivity index (χ1) is 9.97. The maximum Gasteiger partial charge on any atom is 0.235 e. The number of nitrogens with zero attached hydrogens (tertiary/aromatic N) is 1. The van der Waals surface area contributed by atoms with Gasteiger partial charge in [-0.15, -0.1) is 0 Å². The molecule has 2 N–H and O–H groups in total. The Balaban J connectivity index is 2.08. The van der Waals surface area contributed by atoms with Gasteiger partial charge in [0.25, 0.3) is 0 Å². The molecule has 6 heteroatoms. The Labute approximate surface area is 120 Å². The Morgan fingerprint density at radius 2 is 2.10 bits per heavy atom. The SMILES string of the molecule is CC(C)c1cc(F)c2c(C3CCC(=O)NC3=O)[nH]nc2c1. The highest BCUT2D eigenvalue weighted by atomic mass is 19.1. The Hall–Kier alpha value is -2.24. The summed E-state index contributed by atoms with van der Waals surface area (Å²) in [6, 6.07) is 3.31. The molecule has 1 aliphatic heterocycles. The zero-order valence-electron chi connectivity index (χ0n) is 11.9. The molecule has 1 aromatic carbocycles. The van der Waals surface area contributed by atoms with Crippen molar-refractivity contribution in [2.45, 2.75) is 38.5 Å². The fourth-order valence-corrected chi connectivity index (χ4v) is 2.70. The monoisotopic (exact) mass is 289 g/mol. The van der Waals surface area contributed by atoms with E-state index in [1.807, 2.05) is 19.9 Å². The lowest BCUT2D eigenvalue weighted by atomic mass is 9.91. The Bertz CT molecular complexity index is 736. The van der Waals surface area contributed by atoms with Crippen molar-refractivity contribution in [1.82, 2.24) is 15.5 Å². The minimum atomic E-state index is -0.563. The Morgan fingerprint density at radius 1 is 1.33 bits per heavy atom. The number of amides is 2. The molecule has 2 heterocycles. The van der Waals surface area contributed by atoms with E-state index in [1.54, 1.807) is 0 Å². The van der Waals surface area contributed by atoms with Crippen LogP contribution in [-0.4, -0.2) is 22.0 Å². The largest absolute Gasteiger partial charge is 0.296 e. The molecular formula is C15H16FN3O2. The van der Waals surface area contributed by atoms with Gasteiger partial charge in [0.2, 0.25) is 11.8 Å². The molecule has 0 radical (unpaired) electrons. The molecule has 1 fully saturated rings. The van der Waals surface area contributed by atoms with Crippen LogP contribution in [0.2, 0.25) is 0 Å². The van der Waals surface area contributed by atoms with Gasteiger partial charge in [0, 0.05) is 6.42 Å². The van der Waals surface area contributed by atoms with Crippen LogP contribution < -0.4 is 5.32 Å². The van der Waals surface area contributed by atoms with Gasteiger partial charge in [-0.1, -0.05) is 13.8 Å². The summed E-state index contributed by atoms with van der Waals surface area (Å²) in [5.41, 5.74) is 1.82. The van der Waals surface area contributed by atoms with Gasteiger partial charge >= 0.3 is 0 Å². The molecule has 3 rings (SSSR count). The van der Waals surface area contributed by atoms with Crippen LogP contribution in [0.5, 0.6) is 0 Å². The summed E-state index contributed by atoms with van der Waals surface area (Å²) >= 11 is 0. The molecule has 1 aromatic heterocycles. The van der Waals surface area contributed by atoms with Gasteiger partial charge in [-0.05, 0) is 30.0 Å². The van der Waals surface area contributed by atoms with E-state index in [4.69, 9.17) is 0 Å². The summed E-state index contributed by atoms with van der Waals surface area (Å²) in [5.74, 6) is -1.44. The number of halogens is 1.